The number of nitrogens with zero attached hydrogens (tertiary/aromatic N) is 9. The first-order valence-electron chi connectivity index (χ1n) is 12.0. The van der Waals surface area contributed by atoms with E-state index in [-0.39, 0.29) is 30.3 Å². The maximum absolute atomic E-state index is 12.9. The Hall–Kier alpha value is -3.90. The van der Waals surface area contributed by atoms with Crippen molar-refractivity contribution in [3.05, 3.63) is 48.7 Å². The van der Waals surface area contributed by atoms with Gasteiger partial charge in [0.15, 0.2) is 5.65 Å². The molecule has 6 heterocycles. The van der Waals surface area contributed by atoms with Crippen molar-refractivity contribution in [1.82, 2.24) is 39.6 Å². The van der Waals surface area contributed by atoms with Crippen molar-refractivity contribution in [1.29, 1.82) is 0 Å². The van der Waals surface area contributed by atoms with Crippen LogP contribution in [0.25, 0.3) is 22.3 Å². The van der Waals surface area contributed by atoms with E-state index in [0.717, 1.165) is 35.1 Å². The molecule has 0 spiro atoms. The molecule has 2 aliphatic heterocycles. The minimum absolute atomic E-state index is 0. The van der Waals surface area contributed by atoms with Crippen LogP contribution < -0.4 is 10.6 Å². The number of anilines is 2. The Morgan fingerprint density at radius 2 is 1.76 bits per heavy atom. The van der Waals surface area contributed by atoms with Crippen LogP contribution in [0, 0.1) is 0 Å². The molecule has 2 fully saturated rings. The van der Waals surface area contributed by atoms with Gasteiger partial charge in [-0.15, -0.1) is 12.4 Å². The number of halogens is 1. The summed E-state index contributed by atoms with van der Waals surface area (Å²) < 4.78 is 7.50. The number of aromatic nitrogens is 7. The number of hydrogen-bond acceptors (Lipinski definition) is 10. The number of fused-ring (bicyclic) bond motifs is 1. The highest BCUT2D eigenvalue weighted by Crippen LogP contribution is 2.32. The number of carbonyl (C=O) groups is 1. The largest absolute Gasteiger partial charge is 0.378 e. The van der Waals surface area contributed by atoms with E-state index in [9.17, 15) is 4.79 Å². The Bertz CT molecular complexity index is 1370. The molecule has 0 saturated carbocycles. The fourth-order valence-corrected chi connectivity index (χ4v) is 4.75. The number of morpholine rings is 1. The number of rotatable bonds is 4. The molecule has 0 atom stereocenters. The highest BCUT2D eigenvalue weighted by molar-refractivity contribution is 5.94. The molecule has 12 nitrogen and oxygen atoms in total. The molecule has 0 aromatic carbocycles. The molecule has 2 aliphatic rings. The molecule has 0 radical (unpaired) electrons. The van der Waals surface area contributed by atoms with Crippen molar-refractivity contribution in [3.8, 4) is 11.3 Å². The molecule has 0 aliphatic carbocycles. The van der Waals surface area contributed by atoms with Crippen molar-refractivity contribution < 1.29 is 9.53 Å². The van der Waals surface area contributed by atoms with Crippen molar-refractivity contribution in [2.24, 2.45) is 0 Å². The van der Waals surface area contributed by atoms with E-state index < -0.39 is 0 Å². The van der Waals surface area contributed by atoms with Gasteiger partial charge in [-0.05, 0) is 25.0 Å². The van der Waals surface area contributed by atoms with Gasteiger partial charge in [0.05, 0.1) is 42.1 Å². The van der Waals surface area contributed by atoms with E-state index in [2.05, 4.69) is 19.9 Å². The Morgan fingerprint density at radius 1 is 1.00 bits per heavy atom. The SMILES string of the molecule is Cl.Nc1ncc(-c2nc(N3CCOCC3)nc3c2cnn3C2CCN(C(=O)c3cccnc3)CC2)cn1. The lowest BCUT2D eigenvalue weighted by atomic mass is 10.0. The minimum atomic E-state index is 0. The summed E-state index contributed by atoms with van der Waals surface area (Å²) >= 11 is 0. The summed E-state index contributed by atoms with van der Waals surface area (Å²) in [7, 11) is 0. The molecule has 192 valence electrons. The van der Waals surface area contributed by atoms with Gasteiger partial charge in [0.2, 0.25) is 11.9 Å². The third kappa shape index (κ3) is 4.89. The highest BCUT2D eigenvalue weighted by atomic mass is 35.5. The number of piperidine rings is 1. The molecule has 0 bridgehead atoms. The number of hydrogen-bond donors (Lipinski definition) is 1. The lowest BCUT2D eigenvalue weighted by molar-refractivity contribution is 0.0691. The molecular formula is C24H27ClN10O2. The molecule has 2 saturated heterocycles. The lowest BCUT2D eigenvalue weighted by Crippen LogP contribution is -2.39. The molecule has 37 heavy (non-hydrogen) atoms. The Morgan fingerprint density at radius 3 is 2.46 bits per heavy atom. The summed E-state index contributed by atoms with van der Waals surface area (Å²) in [5.74, 6) is 0.846. The quantitative estimate of drug-likeness (QED) is 0.423. The average Bonchev–Trinajstić information content (AvgIpc) is 3.38. The summed E-state index contributed by atoms with van der Waals surface area (Å²) in [4.78, 5) is 39.1. The van der Waals surface area contributed by atoms with Crippen molar-refractivity contribution in [2.75, 3.05) is 50.0 Å². The Balaban J connectivity index is 0.00000280. The van der Waals surface area contributed by atoms with E-state index >= 15 is 0 Å². The van der Waals surface area contributed by atoms with Crippen molar-refractivity contribution >= 4 is 41.2 Å². The smallest absolute Gasteiger partial charge is 0.255 e. The molecule has 4 aromatic heterocycles. The van der Waals surface area contributed by atoms with Crippen LogP contribution in [0.3, 0.4) is 0 Å². The van der Waals surface area contributed by atoms with Gasteiger partial charge in [0, 0.05) is 56.5 Å². The maximum atomic E-state index is 12.9. The zero-order valence-electron chi connectivity index (χ0n) is 20.1. The van der Waals surface area contributed by atoms with Crippen LogP contribution in [-0.4, -0.2) is 84.9 Å². The number of amides is 1. The Kier molecular flexibility index (Phi) is 7.10. The topological polar surface area (TPSA) is 141 Å². The van der Waals surface area contributed by atoms with Crippen LogP contribution in [0.1, 0.15) is 29.2 Å². The summed E-state index contributed by atoms with van der Waals surface area (Å²) in [5, 5.41) is 5.56. The van der Waals surface area contributed by atoms with Gasteiger partial charge in [-0.25, -0.2) is 19.6 Å². The van der Waals surface area contributed by atoms with Gasteiger partial charge >= 0.3 is 0 Å². The molecule has 4 aromatic rings. The monoisotopic (exact) mass is 522 g/mol. The standard InChI is InChI=1S/C24H26N10O2.ClH/c25-23-27-13-17(14-28-23)20-19-15-29-34(21(19)31-24(30-20)33-8-10-36-11-9-33)18-3-6-32(7-4-18)22(35)16-2-1-5-26-12-16;/h1-2,5,12-15,18H,3-4,6-11H2,(H2,25,27,28);1H. The van der Waals surface area contributed by atoms with E-state index in [1.54, 1.807) is 43.1 Å². The lowest BCUT2D eigenvalue weighted by Gasteiger charge is -2.32. The summed E-state index contributed by atoms with van der Waals surface area (Å²) in [5.41, 5.74) is 8.55. The van der Waals surface area contributed by atoms with Gasteiger partial charge in [0.1, 0.15) is 0 Å². The van der Waals surface area contributed by atoms with Crippen LogP contribution in [0.5, 0.6) is 0 Å². The van der Waals surface area contributed by atoms with Crippen LogP contribution >= 0.6 is 12.4 Å². The molecular weight excluding hydrogens is 496 g/mol. The number of nitrogen functional groups attached to an aromatic ring is 1. The summed E-state index contributed by atoms with van der Waals surface area (Å²) in [6, 6.07) is 3.70. The number of pyridine rings is 1. The van der Waals surface area contributed by atoms with Crippen LogP contribution in [0.15, 0.2) is 43.1 Å². The normalized spacial score (nSPS) is 16.5. The molecule has 1 amide bonds. The fourth-order valence-electron chi connectivity index (χ4n) is 4.75. The summed E-state index contributed by atoms with van der Waals surface area (Å²) in [6.45, 7) is 3.97. The second-order valence-electron chi connectivity index (χ2n) is 8.89. The third-order valence-electron chi connectivity index (χ3n) is 6.69. The van der Waals surface area contributed by atoms with Crippen LogP contribution in [0.4, 0.5) is 11.9 Å². The predicted octanol–water partition coefficient (Wildman–Crippen LogP) is 2.00. The summed E-state index contributed by atoms with van der Waals surface area (Å²) in [6.07, 6.45) is 9.99. The van der Waals surface area contributed by atoms with Gasteiger partial charge in [-0.2, -0.15) is 10.1 Å². The second-order valence-corrected chi connectivity index (χ2v) is 8.89. The van der Waals surface area contributed by atoms with Crippen molar-refractivity contribution in [3.63, 3.8) is 0 Å². The first kappa shape index (κ1) is 24.8. The number of likely N-dealkylation sites (tertiary alicyclic amines) is 1. The van der Waals surface area contributed by atoms with E-state index in [4.69, 9.17) is 25.5 Å². The molecule has 0 unspecified atom stereocenters. The predicted molar refractivity (Wildman–Crippen MR) is 139 cm³/mol. The number of ether oxygens (including phenoxy) is 1. The van der Waals surface area contributed by atoms with Crippen LogP contribution in [-0.2, 0) is 4.74 Å². The van der Waals surface area contributed by atoms with Gasteiger partial charge in [-0.1, -0.05) is 0 Å². The first-order valence-corrected chi connectivity index (χ1v) is 12.0. The third-order valence-corrected chi connectivity index (χ3v) is 6.69. The number of nitrogens with two attached hydrogens (primary N) is 1. The fraction of sp³-hybridized carbons (Fsp3) is 0.375. The number of carbonyl (C=O) groups excluding carboxylic acids is 1. The van der Waals surface area contributed by atoms with Gasteiger partial charge < -0.3 is 20.3 Å². The highest BCUT2D eigenvalue weighted by Gasteiger charge is 2.28. The second kappa shape index (κ2) is 10.6. The van der Waals surface area contributed by atoms with Crippen molar-refractivity contribution in [2.45, 2.75) is 18.9 Å². The zero-order chi connectivity index (χ0) is 24.5. The first-order chi connectivity index (χ1) is 17.7. The molecule has 2 N–H and O–H groups in total. The maximum Gasteiger partial charge on any atom is 0.255 e. The zero-order valence-corrected chi connectivity index (χ0v) is 20.9. The molecule has 13 heteroatoms. The average molecular weight is 523 g/mol. The van der Waals surface area contributed by atoms with E-state index in [1.807, 2.05) is 9.58 Å². The molecule has 6 rings (SSSR count). The van der Waals surface area contributed by atoms with Crippen LogP contribution in [0.2, 0.25) is 0 Å². The van der Waals surface area contributed by atoms with Gasteiger partial charge in [-0.3, -0.25) is 9.78 Å². The van der Waals surface area contributed by atoms with E-state index in [1.165, 1.54) is 0 Å². The van der Waals surface area contributed by atoms with Gasteiger partial charge in [0.25, 0.3) is 5.91 Å². The minimum Gasteiger partial charge on any atom is -0.378 e. The Labute approximate surface area is 219 Å². The van der Waals surface area contributed by atoms with E-state index in [0.29, 0.717) is 50.9 Å².